The van der Waals surface area contributed by atoms with E-state index in [4.69, 9.17) is 4.42 Å². The minimum absolute atomic E-state index is 0.00839. The Labute approximate surface area is 178 Å². The van der Waals surface area contributed by atoms with Crippen molar-refractivity contribution < 1.29 is 22.4 Å². The molecule has 0 aliphatic carbocycles. The van der Waals surface area contributed by atoms with Gasteiger partial charge in [-0.15, -0.1) is 0 Å². The fourth-order valence-electron chi connectivity index (χ4n) is 2.95. The Kier molecular flexibility index (Phi) is 5.39. The standard InChI is InChI=1S/C21H16F3N5O3/c1-2-14-10-18(30)27-20(25-14)29-17(11-15(28-29)16-4-3-9-32-16)26-19(31)12-5-7-13(8-6-12)21(22,23)24/h3-11H,2H2,1H3,(H,26,31)(H,25,27,30). The Morgan fingerprint density at radius 1 is 1.19 bits per heavy atom. The van der Waals surface area contributed by atoms with E-state index in [1.165, 1.54) is 23.1 Å². The summed E-state index contributed by atoms with van der Waals surface area (Å²) in [6, 6.07) is 9.96. The van der Waals surface area contributed by atoms with Crippen LogP contribution in [0.5, 0.6) is 0 Å². The van der Waals surface area contributed by atoms with Crippen molar-refractivity contribution in [2.45, 2.75) is 19.5 Å². The van der Waals surface area contributed by atoms with Gasteiger partial charge in [0.05, 0.1) is 11.8 Å². The van der Waals surface area contributed by atoms with E-state index in [0.717, 1.165) is 24.3 Å². The summed E-state index contributed by atoms with van der Waals surface area (Å²) in [4.78, 5) is 31.6. The van der Waals surface area contributed by atoms with Crippen molar-refractivity contribution in [3.05, 3.63) is 82.0 Å². The van der Waals surface area contributed by atoms with Gasteiger partial charge in [-0.25, -0.2) is 4.98 Å². The minimum atomic E-state index is -4.51. The van der Waals surface area contributed by atoms with E-state index in [2.05, 4.69) is 20.4 Å². The first-order valence-electron chi connectivity index (χ1n) is 9.48. The van der Waals surface area contributed by atoms with E-state index < -0.39 is 23.2 Å². The number of hydrogen-bond acceptors (Lipinski definition) is 5. The van der Waals surface area contributed by atoms with E-state index in [9.17, 15) is 22.8 Å². The third-order valence-corrected chi connectivity index (χ3v) is 4.54. The fourth-order valence-corrected chi connectivity index (χ4v) is 2.95. The Hall–Kier alpha value is -4.15. The normalized spacial score (nSPS) is 11.5. The lowest BCUT2D eigenvalue weighted by Gasteiger charge is -2.10. The Morgan fingerprint density at radius 3 is 2.56 bits per heavy atom. The van der Waals surface area contributed by atoms with Crippen molar-refractivity contribution in [1.29, 1.82) is 0 Å². The molecule has 8 nitrogen and oxygen atoms in total. The van der Waals surface area contributed by atoms with Crippen molar-refractivity contribution in [3.63, 3.8) is 0 Å². The topological polar surface area (TPSA) is 106 Å². The molecule has 0 saturated carbocycles. The van der Waals surface area contributed by atoms with Crippen LogP contribution < -0.4 is 10.9 Å². The first kappa shape index (κ1) is 21.1. The second-order valence-electron chi connectivity index (χ2n) is 6.75. The molecule has 11 heteroatoms. The number of H-pyrrole nitrogens is 1. The van der Waals surface area contributed by atoms with Gasteiger partial charge in [0.15, 0.2) is 5.76 Å². The van der Waals surface area contributed by atoms with Gasteiger partial charge in [0.25, 0.3) is 11.5 Å². The molecule has 1 aromatic carbocycles. The van der Waals surface area contributed by atoms with Crippen LogP contribution in [0.4, 0.5) is 19.0 Å². The minimum Gasteiger partial charge on any atom is -0.463 e. The molecule has 3 heterocycles. The number of aromatic nitrogens is 4. The molecule has 164 valence electrons. The van der Waals surface area contributed by atoms with E-state index >= 15 is 0 Å². The molecule has 0 radical (unpaired) electrons. The zero-order valence-electron chi connectivity index (χ0n) is 16.6. The first-order valence-corrected chi connectivity index (χ1v) is 9.48. The highest BCUT2D eigenvalue weighted by molar-refractivity contribution is 6.04. The number of alkyl halides is 3. The summed E-state index contributed by atoms with van der Waals surface area (Å²) in [7, 11) is 0. The number of furan rings is 1. The van der Waals surface area contributed by atoms with E-state index in [1.54, 1.807) is 12.1 Å². The van der Waals surface area contributed by atoms with Crippen LogP contribution in [0.25, 0.3) is 17.4 Å². The molecule has 32 heavy (non-hydrogen) atoms. The fraction of sp³-hybridized carbons (Fsp3) is 0.143. The number of halogens is 3. The summed E-state index contributed by atoms with van der Waals surface area (Å²) < 4.78 is 44.9. The van der Waals surface area contributed by atoms with Gasteiger partial charge in [-0.2, -0.15) is 23.0 Å². The second kappa shape index (κ2) is 8.17. The quantitative estimate of drug-likeness (QED) is 0.484. The third kappa shape index (κ3) is 4.31. The summed E-state index contributed by atoms with van der Waals surface area (Å²) in [6.07, 6.45) is -2.56. The number of aromatic amines is 1. The van der Waals surface area contributed by atoms with Crippen LogP contribution in [0.1, 0.15) is 28.5 Å². The van der Waals surface area contributed by atoms with Crippen molar-refractivity contribution >= 4 is 11.7 Å². The molecular formula is C21H16F3N5O3. The second-order valence-corrected chi connectivity index (χ2v) is 6.75. The molecule has 0 spiro atoms. The van der Waals surface area contributed by atoms with Gasteiger partial charge in [-0.3, -0.25) is 14.6 Å². The molecule has 3 aromatic heterocycles. The number of nitrogens with zero attached hydrogens (tertiary/aromatic N) is 3. The number of anilines is 1. The highest BCUT2D eigenvalue weighted by Crippen LogP contribution is 2.29. The summed E-state index contributed by atoms with van der Waals surface area (Å²) in [6.45, 7) is 1.83. The summed E-state index contributed by atoms with van der Waals surface area (Å²) in [5.74, 6) is -0.0600. The van der Waals surface area contributed by atoms with Gasteiger partial charge in [0.2, 0.25) is 5.95 Å². The van der Waals surface area contributed by atoms with Crippen LogP contribution in [-0.4, -0.2) is 25.7 Å². The molecular weight excluding hydrogens is 427 g/mol. The average molecular weight is 443 g/mol. The molecule has 0 aliphatic heterocycles. The summed E-state index contributed by atoms with van der Waals surface area (Å²) in [5.41, 5.74) is -0.394. The van der Waals surface area contributed by atoms with E-state index in [1.807, 2.05) is 6.92 Å². The lowest BCUT2D eigenvalue weighted by Crippen LogP contribution is -2.19. The predicted molar refractivity (Wildman–Crippen MR) is 108 cm³/mol. The molecule has 0 unspecified atom stereocenters. The first-order chi connectivity index (χ1) is 15.2. The molecule has 1 amide bonds. The lowest BCUT2D eigenvalue weighted by molar-refractivity contribution is -0.137. The smallest absolute Gasteiger partial charge is 0.416 e. The van der Waals surface area contributed by atoms with E-state index in [0.29, 0.717) is 23.6 Å². The van der Waals surface area contributed by atoms with Crippen LogP contribution in [0.3, 0.4) is 0 Å². The van der Waals surface area contributed by atoms with Crippen LogP contribution in [0.2, 0.25) is 0 Å². The van der Waals surface area contributed by atoms with Gasteiger partial charge in [-0.1, -0.05) is 6.92 Å². The maximum absolute atomic E-state index is 12.8. The van der Waals surface area contributed by atoms with Crippen LogP contribution in [0.15, 0.2) is 64.0 Å². The molecule has 0 fully saturated rings. The average Bonchev–Trinajstić information content (AvgIpc) is 3.42. The van der Waals surface area contributed by atoms with Crippen molar-refractivity contribution in [2.75, 3.05) is 5.32 Å². The Morgan fingerprint density at radius 2 is 1.94 bits per heavy atom. The number of amides is 1. The van der Waals surface area contributed by atoms with Crippen molar-refractivity contribution in [1.82, 2.24) is 19.7 Å². The number of hydrogen-bond donors (Lipinski definition) is 2. The number of benzene rings is 1. The highest BCUT2D eigenvalue weighted by atomic mass is 19.4. The summed E-state index contributed by atoms with van der Waals surface area (Å²) >= 11 is 0. The number of rotatable bonds is 5. The van der Waals surface area contributed by atoms with Crippen LogP contribution >= 0.6 is 0 Å². The third-order valence-electron chi connectivity index (χ3n) is 4.54. The van der Waals surface area contributed by atoms with Gasteiger partial charge in [0, 0.05) is 23.4 Å². The zero-order valence-corrected chi connectivity index (χ0v) is 16.6. The molecule has 4 rings (SSSR count). The van der Waals surface area contributed by atoms with Crippen molar-refractivity contribution in [2.24, 2.45) is 0 Å². The number of aryl methyl sites for hydroxylation is 1. The molecule has 0 saturated heterocycles. The zero-order chi connectivity index (χ0) is 22.9. The largest absolute Gasteiger partial charge is 0.463 e. The number of carbonyl (C=O) groups is 1. The van der Waals surface area contributed by atoms with Gasteiger partial charge in [0.1, 0.15) is 11.5 Å². The van der Waals surface area contributed by atoms with Crippen LogP contribution in [-0.2, 0) is 12.6 Å². The van der Waals surface area contributed by atoms with Gasteiger partial charge in [-0.05, 0) is 42.8 Å². The predicted octanol–water partition coefficient (Wildman–Crippen LogP) is 4.05. The van der Waals surface area contributed by atoms with Crippen LogP contribution in [0, 0.1) is 0 Å². The molecule has 4 aromatic rings. The highest BCUT2D eigenvalue weighted by Gasteiger charge is 2.30. The van der Waals surface area contributed by atoms with Gasteiger partial charge < -0.3 is 9.73 Å². The SMILES string of the molecule is CCc1cc(=O)[nH]c(-n2nc(-c3ccco3)cc2NC(=O)c2ccc(C(F)(F)F)cc2)n1. The van der Waals surface area contributed by atoms with Crippen molar-refractivity contribution in [3.8, 4) is 17.4 Å². The molecule has 0 bridgehead atoms. The number of nitrogens with one attached hydrogen (secondary N) is 2. The Balaban J connectivity index is 1.72. The van der Waals surface area contributed by atoms with Gasteiger partial charge >= 0.3 is 6.18 Å². The monoisotopic (exact) mass is 443 g/mol. The molecule has 0 atom stereocenters. The maximum Gasteiger partial charge on any atom is 0.416 e. The maximum atomic E-state index is 12.8. The van der Waals surface area contributed by atoms with E-state index in [-0.39, 0.29) is 17.3 Å². The lowest BCUT2D eigenvalue weighted by atomic mass is 10.1. The Bertz CT molecular complexity index is 1310. The molecule has 2 N–H and O–H groups in total. The number of carbonyl (C=O) groups excluding carboxylic acids is 1. The summed E-state index contributed by atoms with van der Waals surface area (Å²) in [5, 5.41) is 6.96. The molecule has 0 aliphatic rings.